The van der Waals surface area contributed by atoms with E-state index in [-0.39, 0.29) is 11.8 Å². The molecule has 0 amide bonds. The van der Waals surface area contributed by atoms with Crippen LogP contribution in [0.3, 0.4) is 0 Å². The van der Waals surface area contributed by atoms with Crippen molar-refractivity contribution in [3.05, 3.63) is 0 Å². The molecule has 15 heavy (non-hydrogen) atoms. The van der Waals surface area contributed by atoms with Crippen molar-refractivity contribution in [2.75, 3.05) is 12.4 Å². The number of hydrogen-bond donors (Lipinski definition) is 0. The molecule has 6 heteroatoms. The molecule has 2 heterocycles. The molecule has 0 aromatic carbocycles. The van der Waals surface area contributed by atoms with Crippen molar-refractivity contribution in [2.45, 2.75) is 34.4 Å². The first-order valence-electron chi connectivity index (χ1n) is 4.83. The molecule has 0 aromatic heterocycles. The van der Waals surface area contributed by atoms with Crippen LogP contribution in [0.5, 0.6) is 0 Å². The maximum Gasteiger partial charge on any atom is 0.328 e. The van der Waals surface area contributed by atoms with Gasteiger partial charge in [0.25, 0.3) is 0 Å². The fourth-order valence-corrected chi connectivity index (χ4v) is 3.01. The molecule has 0 spiro atoms. The number of ether oxygens (including phenoxy) is 1. The van der Waals surface area contributed by atoms with Gasteiger partial charge in [-0.15, -0.1) is 23.2 Å². The molecule has 0 saturated carbocycles. The van der Waals surface area contributed by atoms with Crippen molar-refractivity contribution in [3.8, 4) is 0 Å². The second kappa shape index (κ2) is 3.89. The van der Waals surface area contributed by atoms with Crippen LogP contribution < -0.4 is 0 Å². The first kappa shape index (κ1) is 12.2. The van der Waals surface area contributed by atoms with Gasteiger partial charge in [-0.2, -0.15) is 0 Å². The van der Waals surface area contributed by atoms with E-state index >= 15 is 0 Å². The maximum absolute atomic E-state index is 11.8. The van der Waals surface area contributed by atoms with E-state index in [0.717, 1.165) is 19.4 Å². The van der Waals surface area contributed by atoms with Crippen LogP contribution in [-0.2, 0) is 9.53 Å². The Bertz CT molecular complexity index is 300. The molecule has 2 saturated heterocycles. The SMILES string of the molecule is C[C@]12CCCN1C(C(Cl)(I)CCl)OC2=O. The summed E-state index contributed by atoms with van der Waals surface area (Å²) in [7, 11) is 0. The Morgan fingerprint density at radius 2 is 2.47 bits per heavy atom. The molecule has 0 aliphatic carbocycles. The molecular formula is C9H12Cl2INO2. The lowest BCUT2D eigenvalue weighted by molar-refractivity contribution is -0.145. The van der Waals surface area contributed by atoms with E-state index in [2.05, 4.69) is 0 Å². The highest BCUT2D eigenvalue weighted by atomic mass is 127. The molecule has 2 aliphatic rings. The van der Waals surface area contributed by atoms with Crippen molar-refractivity contribution in [1.29, 1.82) is 0 Å². The van der Waals surface area contributed by atoms with Crippen LogP contribution in [0, 0.1) is 0 Å². The van der Waals surface area contributed by atoms with E-state index in [9.17, 15) is 4.79 Å². The number of cyclic esters (lactones) is 1. The summed E-state index contributed by atoms with van der Waals surface area (Å²) in [5.41, 5.74) is -0.484. The Hall–Kier alpha value is 0.740. The van der Waals surface area contributed by atoms with E-state index in [0.29, 0.717) is 0 Å². The van der Waals surface area contributed by atoms with Crippen LogP contribution in [0.1, 0.15) is 19.8 Å². The summed E-state index contributed by atoms with van der Waals surface area (Å²) in [4.78, 5) is 13.8. The molecular weight excluding hydrogens is 352 g/mol. The van der Waals surface area contributed by atoms with Gasteiger partial charge in [0.15, 0.2) is 9.11 Å². The Balaban J connectivity index is 2.28. The van der Waals surface area contributed by atoms with Crippen LogP contribution in [-0.4, -0.2) is 37.9 Å². The normalized spacial score (nSPS) is 40.0. The Kier molecular flexibility index (Phi) is 3.17. The summed E-state index contributed by atoms with van der Waals surface area (Å²) in [6.07, 6.45) is 1.44. The van der Waals surface area contributed by atoms with Crippen molar-refractivity contribution >= 4 is 51.8 Å². The van der Waals surface area contributed by atoms with E-state index in [4.69, 9.17) is 27.9 Å². The highest BCUT2D eigenvalue weighted by molar-refractivity contribution is 14.1. The van der Waals surface area contributed by atoms with E-state index in [1.54, 1.807) is 0 Å². The van der Waals surface area contributed by atoms with Gasteiger partial charge in [0.2, 0.25) is 0 Å². The average molecular weight is 364 g/mol. The van der Waals surface area contributed by atoms with Crippen molar-refractivity contribution < 1.29 is 9.53 Å². The molecule has 0 N–H and O–H groups in total. The zero-order chi connectivity index (χ0) is 11.3. The molecule has 2 fully saturated rings. The summed E-state index contributed by atoms with van der Waals surface area (Å²) in [5, 5.41) is 0. The highest BCUT2D eigenvalue weighted by Crippen LogP contribution is 2.45. The molecule has 3 nitrogen and oxygen atoms in total. The third-order valence-electron chi connectivity index (χ3n) is 3.18. The zero-order valence-corrected chi connectivity index (χ0v) is 12.0. The second-order valence-corrected chi connectivity index (χ2v) is 7.73. The van der Waals surface area contributed by atoms with Gasteiger partial charge in [0.05, 0.1) is 5.88 Å². The standard InChI is InChI=1S/C9H12Cl2INO2/c1-8-3-2-4-13(8)6(15-7(8)14)9(11,12)5-10/h6H,2-5H2,1H3/t6?,8-,9?/m1/s1. The minimum atomic E-state index is -0.739. The number of nitrogens with zero attached hydrogens (tertiary/aromatic N) is 1. The van der Waals surface area contributed by atoms with Crippen LogP contribution in [0.2, 0.25) is 0 Å². The maximum atomic E-state index is 11.8. The molecule has 2 rings (SSSR count). The summed E-state index contributed by atoms with van der Waals surface area (Å²) < 4.78 is 4.61. The minimum absolute atomic E-state index is 0.170. The van der Waals surface area contributed by atoms with E-state index in [1.807, 2.05) is 34.4 Å². The summed E-state index contributed by atoms with van der Waals surface area (Å²) in [6.45, 7) is 2.77. The molecule has 86 valence electrons. The lowest BCUT2D eigenvalue weighted by Gasteiger charge is -2.32. The molecule has 2 aliphatic heterocycles. The predicted octanol–water partition coefficient (Wildman–Crippen LogP) is 2.33. The van der Waals surface area contributed by atoms with Gasteiger partial charge < -0.3 is 4.74 Å². The predicted molar refractivity (Wildman–Crippen MR) is 67.5 cm³/mol. The third-order valence-corrected chi connectivity index (χ3v) is 5.42. The smallest absolute Gasteiger partial charge is 0.328 e. The lowest BCUT2D eigenvalue weighted by atomic mass is 10.0. The van der Waals surface area contributed by atoms with Gasteiger partial charge in [-0.1, -0.05) is 22.6 Å². The molecule has 0 aromatic rings. The largest absolute Gasteiger partial charge is 0.442 e. The van der Waals surface area contributed by atoms with Crippen molar-refractivity contribution in [2.24, 2.45) is 0 Å². The Labute approximate surface area is 113 Å². The van der Waals surface area contributed by atoms with Crippen LogP contribution in [0.4, 0.5) is 0 Å². The van der Waals surface area contributed by atoms with Gasteiger partial charge in [-0.3, -0.25) is 4.90 Å². The monoisotopic (exact) mass is 363 g/mol. The number of esters is 1. The van der Waals surface area contributed by atoms with Gasteiger partial charge in [-0.25, -0.2) is 4.79 Å². The fourth-order valence-electron chi connectivity index (χ4n) is 2.25. The van der Waals surface area contributed by atoms with E-state index < -0.39 is 14.6 Å². The Morgan fingerprint density at radius 1 is 1.80 bits per heavy atom. The van der Waals surface area contributed by atoms with Gasteiger partial charge in [0.1, 0.15) is 5.54 Å². The first-order chi connectivity index (χ1) is 6.92. The Morgan fingerprint density at radius 3 is 3.07 bits per heavy atom. The number of rotatable bonds is 2. The average Bonchev–Trinajstić information content (AvgIpc) is 2.66. The number of halogens is 3. The summed E-state index contributed by atoms with van der Waals surface area (Å²) in [6, 6.07) is 0. The molecule has 3 atom stereocenters. The summed E-state index contributed by atoms with van der Waals surface area (Å²) >= 11 is 14.1. The van der Waals surface area contributed by atoms with Crippen LogP contribution >= 0.6 is 45.8 Å². The molecule has 0 bridgehead atoms. The number of fused-ring (bicyclic) bond motifs is 1. The van der Waals surface area contributed by atoms with Gasteiger partial charge in [-0.05, 0) is 19.8 Å². The van der Waals surface area contributed by atoms with Crippen molar-refractivity contribution in [1.82, 2.24) is 4.90 Å². The number of carbonyl (C=O) groups excluding carboxylic acids is 1. The minimum Gasteiger partial charge on any atom is -0.442 e. The lowest BCUT2D eigenvalue weighted by Crippen LogP contribution is -2.49. The first-order valence-corrected chi connectivity index (χ1v) is 6.82. The number of alkyl halides is 3. The highest BCUT2D eigenvalue weighted by Gasteiger charge is 2.59. The van der Waals surface area contributed by atoms with Crippen LogP contribution in [0.15, 0.2) is 0 Å². The fraction of sp³-hybridized carbons (Fsp3) is 0.889. The molecule has 0 radical (unpaired) electrons. The van der Waals surface area contributed by atoms with E-state index in [1.165, 1.54) is 0 Å². The third kappa shape index (κ3) is 1.77. The van der Waals surface area contributed by atoms with Gasteiger partial charge >= 0.3 is 5.97 Å². The topological polar surface area (TPSA) is 29.5 Å². The van der Waals surface area contributed by atoms with Gasteiger partial charge in [0, 0.05) is 6.54 Å². The number of hydrogen-bond acceptors (Lipinski definition) is 3. The number of carbonyl (C=O) groups is 1. The quantitative estimate of drug-likeness (QED) is 0.428. The van der Waals surface area contributed by atoms with Crippen molar-refractivity contribution in [3.63, 3.8) is 0 Å². The second-order valence-electron chi connectivity index (χ2n) is 4.22. The molecule has 2 unspecified atom stereocenters. The zero-order valence-electron chi connectivity index (χ0n) is 8.30. The van der Waals surface area contributed by atoms with Crippen LogP contribution in [0.25, 0.3) is 0 Å². The summed E-state index contributed by atoms with van der Waals surface area (Å²) in [5.74, 6) is 0.0800.